The monoisotopic (exact) mass is 319 g/mol. The number of thiazole rings is 1. The Morgan fingerprint density at radius 3 is 2.64 bits per heavy atom. The summed E-state index contributed by atoms with van der Waals surface area (Å²) < 4.78 is 7.65. The van der Waals surface area contributed by atoms with E-state index in [0.717, 1.165) is 23.4 Å². The summed E-state index contributed by atoms with van der Waals surface area (Å²) in [5.74, 6) is 0.0179. The molecule has 0 aliphatic carbocycles. The Hall–Kier alpha value is -1.66. The van der Waals surface area contributed by atoms with Crippen molar-refractivity contribution in [3.05, 3.63) is 35.1 Å². The molecular weight excluding hydrogens is 298 g/mol. The van der Waals surface area contributed by atoms with Crippen LogP contribution in [0.15, 0.2) is 24.5 Å². The van der Waals surface area contributed by atoms with E-state index in [2.05, 4.69) is 14.9 Å². The first-order chi connectivity index (χ1) is 10.6. The number of ether oxygens (including phenoxy) is 1. The number of amides is 1. The molecule has 2 aromatic rings. The van der Waals surface area contributed by atoms with Crippen molar-refractivity contribution in [2.24, 2.45) is 0 Å². The molecule has 5 nitrogen and oxygen atoms in total. The Bertz CT molecular complexity index is 623. The minimum atomic E-state index is -0.187. The van der Waals surface area contributed by atoms with E-state index >= 15 is 0 Å². The highest BCUT2D eigenvalue weighted by Crippen LogP contribution is 2.33. The standard InChI is InChI=1S/C16H21N3O2S/c1-12-13(2)22-15(17-12)18-14(20)11-16(5-9-21-10-6-16)19-7-3-4-8-19/h3-4,7-8H,5-6,9-11H2,1-2H3,(H,17,18,20). The van der Waals surface area contributed by atoms with Crippen LogP contribution in [0.4, 0.5) is 5.13 Å². The third kappa shape index (κ3) is 3.08. The van der Waals surface area contributed by atoms with Crippen LogP contribution in [0.3, 0.4) is 0 Å². The molecule has 1 amide bonds. The SMILES string of the molecule is Cc1nc(NC(=O)CC2(n3cccc3)CCOCC2)sc1C. The van der Waals surface area contributed by atoms with Crippen LogP contribution in [0.2, 0.25) is 0 Å². The summed E-state index contributed by atoms with van der Waals surface area (Å²) >= 11 is 1.53. The minimum Gasteiger partial charge on any atom is -0.381 e. The van der Waals surface area contributed by atoms with E-state index in [9.17, 15) is 4.79 Å². The maximum Gasteiger partial charge on any atom is 0.228 e. The quantitative estimate of drug-likeness (QED) is 0.942. The van der Waals surface area contributed by atoms with Crippen LogP contribution >= 0.6 is 11.3 Å². The molecule has 2 aromatic heterocycles. The van der Waals surface area contributed by atoms with Crippen molar-refractivity contribution in [1.82, 2.24) is 9.55 Å². The lowest BCUT2D eigenvalue weighted by Crippen LogP contribution is -2.42. The number of rotatable bonds is 4. The maximum atomic E-state index is 12.5. The van der Waals surface area contributed by atoms with Gasteiger partial charge in [-0.2, -0.15) is 0 Å². The molecule has 22 heavy (non-hydrogen) atoms. The molecule has 3 heterocycles. The summed E-state index contributed by atoms with van der Waals surface area (Å²) in [4.78, 5) is 18.0. The average Bonchev–Trinajstić information content (AvgIpc) is 3.11. The molecule has 1 aliphatic rings. The maximum absolute atomic E-state index is 12.5. The average molecular weight is 319 g/mol. The van der Waals surface area contributed by atoms with Crippen molar-refractivity contribution in [1.29, 1.82) is 0 Å². The van der Waals surface area contributed by atoms with E-state index in [1.807, 2.05) is 38.4 Å². The molecule has 1 aliphatic heterocycles. The molecule has 0 aromatic carbocycles. The topological polar surface area (TPSA) is 56.2 Å². The number of carbonyl (C=O) groups is 1. The van der Waals surface area contributed by atoms with Crippen LogP contribution in [0.5, 0.6) is 0 Å². The van der Waals surface area contributed by atoms with Gasteiger partial charge in [-0.25, -0.2) is 4.98 Å². The molecule has 3 rings (SSSR count). The molecule has 1 N–H and O–H groups in total. The number of anilines is 1. The first-order valence-electron chi connectivity index (χ1n) is 7.54. The van der Waals surface area contributed by atoms with Crippen molar-refractivity contribution in [2.75, 3.05) is 18.5 Å². The normalized spacial score (nSPS) is 17.4. The highest BCUT2D eigenvalue weighted by Gasteiger charge is 2.36. The first kappa shape index (κ1) is 15.2. The van der Waals surface area contributed by atoms with Gasteiger partial charge in [0.05, 0.1) is 17.7 Å². The fraction of sp³-hybridized carbons (Fsp3) is 0.500. The third-order valence-corrected chi connectivity index (χ3v) is 5.33. The number of carbonyl (C=O) groups excluding carboxylic acids is 1. The zero-order chi connectivity index (χ0) is 15.6. The second kappa shape index (κ2) is 6.22. The van der Waals surface area contributed by atoms with E-state index in [1.165, 1.54) is 11.3 Å². The fourth-order valence-electron chi connectivity index (χ4n) is 2.92. The smallest absolute Gasteiger partial charge is 0.228 e. The van der Waals surface area contributed by atoms with Crippen molar-refractivity contribution in [2.45, 2.75) is 38.6 Å². The van der Waals surface area contributed by atoms with Crippen LogP contribution < -0.4 is 5.32 Å². The Balaban J connectivity index is 1.74. The Kier molecular flexibility index (Phi) is 4.31. The zero-order valence-electron chi connectivity index (χ0n) is 13.0. The lowest BCUT2D eigenvalue weighted by Gasteiger charge is -2.38. The molecule has 1 saturated heterocycles. The molecule has 0 atom stereocenters. The largest absolute Gasteiger partial charge is 0.381 e. The van der Waals surface area contributed by atoms with E-state index in [-0.39, 0.29) is 11.4 Å². The highest BCUT2D eigenvalue weighted by molar-refractivity contribution is 7.15. The number of nitrogens with zero attached hydrogens (tertiary/aromatic N) is 2. The van der Waals surface area contributed by atoms with Crippen LogP contribution in [0.25, 0.3) is 0 Å². The molecule has 0 bridgehead atoms. The molecule has 1 fully saturated rings. The van der Waals surface area contributed by atoms with Crippen LogP contribution in [-0.4, -0.2) is 28.7 Å². The first-order valence-corrected chi connectivity index (χ1v) is 8.36. The summed E-state index contributed by atoms with van der Waals surface area (Å²) in [6.45, 7) is 5.37. The highest BCUT2D eigenvalue weighted by atomic mass is 32.1. The predicted molar refractivity (Wildman–Crippen MR) is 87.3 cm³/mol. The van der Waals surface area contributed by atoms with Crippen LogP contribution in [-0.2, 0) is 15.1 Å². The van der Waals surface area contributed by atoms with Gasteiger partial charge in [0.2, 0.25) is 5.91 Å². The molecule has 118 valence electrons. The van der Waals surface area contributed by atoms with Crippen molar-refractivity contribution in [3.8, 4) is 0 Å². The summed E-state index contributed by atoms with van der Waals surface area (Å²) in [5, 5.41) is 3.64. The summed E-state index contributed by atoms with van der Waals surface area (Å²) in [7, 11) is 0. The number of aryl methyl sites for hydroxylation is 2. The van der Waals surface area contributed by atoms with Crippen molar-refractivity contribution >= 4 is 22.4 Å². The van der Waals surface area contributed by atoms with E-state index in [4.69, 9.17) is 4.74 Å². The third-order valence-electron chi connectivity index (χ3n) is 4.34. The summed E-state index contributed by atoms with van der Waals surface area (Å²) in [5.41, 5.74) is 0.791. The lowest BCUT2D eigenvalue weighted by atomic mass is 9.86. The van der Waals surface area contributed by atoms with Crippen molar-refractivity contribution in [3.63, 3.8) is 0 Å². The van der Waals surface area contributed by atoms with Gasteiger partial charge in [0.15, 0.2) is 5.13 Å². The van der Waals surface area contributed by atoms with E-state index < -0.39 is 0 Å². The minimum absolute atomic E-state index is 0.0179. The van der Waals surface area contributed by atoms with Gasteiger partial charge in [0.1, 0.15) is 0 Å². The van der Waals surface area contributed by atoms with Gasteiger partial charge in [0, 0.05) is 30.5 Å². The Morgan fingerprint density at radius 1 is 1.36 bits per heavy atom. The van der Waals surface area contributed by atoms with E-state index in [0.29, 0.717) is 24.8 Å². The Morgan fingerprint density at radius 2 is 2.05 bits per heavy atom. The van der Waals surface area contributed by atoms with Gasteiger partial charge in [-0.05, 0) is 38.8 Å². The summed E-state index contributed by atoms with van der Waals surface area (Å²) in [6.07, 6.45) is 6.23. The van der Waals surface area contributed by atoms with Gasteiger partial charge in [-0.15, -0.1) is 11.3 Å². The number of hydrogen-bond acceptors (Lipinski definition) is 4. The molecule has 0 saturated carbocycles. The number of hydrogen-bond donors (Lipinski definition) is 1. The zero-order valence-corrected chi connectivity index (χ0v) is 13.8. The van der Waals surface area contributed by atoms with E-state index in [1.54, 1.807) is 0 Å². The Labute approximate surface area is 134 Å². The molecule has 6 heteroatoms. The molecular formula is C16H21N3O2S. The second-order valence-electron chi connectivity index (χ2n) is 5.81. The fourth-order valence-corrected chi connectivity index (χ4v) is 3.75. The number of nitrogens with one attached hydrogen (secondary N) is 1. The van der Waals surface area contributed by atoms with Crippen molar-refractivity contribution < 1.29 is 9.53 Å². The van der Waals surface area contributed by atoms with Crippen LogP contribution in [0, 0.1) is 13.8 Å². The second-order valence-corrected chi connectivity index (χ2v) is 7.02. The van der Waals surface area contributed by atoms with Crippen LogP contribution in [0.1, 0.15) is 29.8 Å². The molecule has 0 unspecified atom stereocenters. The summed E-state index contributed by atoms with van der Waals surface area (Å²) in [6, 6.07) is 4.01. The molecule has 0 radical (unpaired) electrons. The van der Waals surface area contributed by atoms with Gasteiger partial charge in [-0.1, -0.05) is 0 Å². The number of aromatic nitrogens is 2. The van der Waals surface area contributed by atoms with Gasteiger partial charge < -0.3 is 14.6 Å². The predicted octanol–water partition coefficient (Wildman–Crippen LogP) is 3.10. The van der Waals surface area contributed by atoms with Gasteiger partial charge >= 0.3 is 0 Å². The lowest BCUT2D eigenvalue weighted by molar-refractivity contribution is -0.119. The molecule has 0 spiro atoms. The van der Waals surface area contributed by atoms with Gasteiger partial charge in [0.25, 0.3) is 0 Å². The van der Waals surface area contributed by atoms with Gasteiger partial charge in [-0.3, -0.25) is 4.79 Å².